The van der Waals surface area contributed by atoms with Crippen molar-refractivity contribution >= 4 is 34.9 Å². The van der Waals surface area contributed by atoms with Crippen molar-refractivity contribution in [3.63, 3.8) is 0 Å². The first-order valence-electron chi connectivity index (χ1n) is 10.2. The third kappa shape index (κ3) is 4.73. The number of hydrogen-bond donors (Lipinski definition) is 2. The molecule has 1 atom stereocenters. The number of morpholine rings is 1. The number of para-hydroxylation sites is 2. The number of ether oxygens (including phenoxy) is 1. The molecule has 2 N–H and O–H groups in total. The third-order valence-corrected chi connectivity index (χ3v) is 5.37. The van der Waals surface area contributed by atoms with Gasteiger partial charge in [-0.15, -0.1) is 0 Å². The summed E-state index contributed by atoms with van der Waals surface area (Å²) in [6.45, 7) is 4.53. The van der Waals surface area contributed by atoms with Crippen LogP contribution in [0.1, 0.15) is 13.3 Å². The molecular formula is C22H25N5O4. The van der Waals surface area contributed by atoms with Gasteiger partial charge in [0, 0.05) is 19.3 Å². The minimum atomic E-state index is -1.25. The maximum atomic E-state index is 13.1. The molecule has 0 unspecified atom stereocenters. The summed E-state index contributed by atoms with van der Waals surface area (Å²) in [6.07, 6.45) is 6.80. The summed E-state index contributed by atoms with van der Waals surface area (Å²) in [6, 6.07) is 6.98. The molecule has 0 saturated carbocycles. The number of amides is 3. The molecule has 0 spiro atoms. The van der Waals surface area contributed by atoms with Gasteiger partial charge < -0.3 is 15.4 Å². The van der Waals surface area contributed by atoms with Gasteiger partial charge in [-0.3, -0.25) is 29.2 Å². The van der Waals surface area contributed by atoms with E-state index >= 15 is 0 Å². The van der Waals surface area contributed by atoms with Gasteiger partial charge in [0.05, 0.1) is 37.6 Å². The highest BCUT2D eigenvalue weighted by Gasteiger charge is 2.42. The van der Waals surface area contributed by atoms with E-state index in [2.05, 4.69) is 15.6 Å². The van der Waals surface area contributed by atoms with Crippen LogP contribution in [0.25, 0.3) is 0 Å². The standard InChI is InChI=1S/C22H25N5O4/c1-22(14-20(29)27-9-5-4-8-18(27)25-22)21(30)24-17-7-3-2-6-16(17)23-19(28)15-26-10-12-31-13-11-26/h2-9H,10-15H2,1H3,(H,23,28)(H,24,30)/t22-/m1/s1. The van der Waals surface area contributed by atoms with Crippen molar-refractivity contribution in [3.8, 4) is 0 Å². The second kappa shape index (κ2) is 8.83. The smallest absolute Gasteiger partial charge is 0.252 e. The van der Waals surface area contributed by atoms with E-state index in [9.17, 15) is 14.4 Å². The molecular weight excluding hydrogens is 398 g/mol. The monoisotopic (exact) mass is 423 g/mol. The Hall–Kier alpha value is -3.30. The Kier molecular flexibility index (Phi) is 5.97. The first-order chi connectivity index (χ1) is 14.9. The van der Waals surface area contributed by atoms with Crippen LogP contribution in [-0.4, -0.2) is 71.7 Å². The van der Waals surface area contributed by atoms with Gasteiger partial charge in [0.2, 0.25) is 11.8 Å². The van der Waals surface area contributed by atoms with E-state index in [-0.39, 0.29) is 24.8 Å². The summed E-state index contributed by atoms with van der Waals surface area (Å²) >= 11 is 0. The van der Waals surface area contributed by atoms with Crippen molar-refractivity contribution in [2.45, 2.75) is 18.9 Å². The highest BCUT2D eigenvalue weighted by molar-refractivity contribution is 6.13. The first-order valence-corrected chi connectivity index (χ1v) is 10.2. The summed E-state index contributed by atoms with van der Waals surface area (Å²) in [5.41, 5.74) is -0.295. The molecule has 3 aliphatic rings. The summed E-state index contributed by atoms with van der Waals surface area (Å²) < 4.78 is 5.30. The molecule has 1 aromatic rings. The Morgan fingerprint density at radius 2 is 1.84 bits per heavy atom. The number of aliphatic imine (C=N–C) groups is 1. The Morgan fingerprint density at radius 3 is 2.58 bits per heavy atom. The number of carbonyl (C=O) groups is 3. The van der Waals surface area contributed by atoms with Crippen LogP contribution in [-0.2, 0) is 19.1 Å². The van der Waals surface area contributed by atoms with Gasteiger partial charge in [-0.2, -0.15) is 0 Å². The van der Waals surface area contributed by atoms with Crippen LogP contribution in [0.4, 0.5) is 11.4 Å². The zero-order valence-corrected chi connectivity index (χ0v) is 17.3. The molecule has 162 valence electrons. The normalized spacial score (nSPS) is 23.2. The Bertz CT molecular complexity index is 980. The number of rotatable bonds is 5. The fourth-order valence-electron chi connectivity index (χ4n) is 3.65. The largest absolute Gasteiger partial charge is 0.379 e. The van der Waals surface area contributed by atoms with E-state index in [1.165, 1.54) is 4.90 Å². The molecule has 9 nitrogen and oxygen atoms in total. The SMILES string of the molecule is C[C@]1(C(=O)Nc2ccccc2NC(=O)CN2CCOCC2)CC(=O)N2C=CC=CC2=N1. The lowest BCUT2D eigenvalue weighted by atomic mass is 9.94. The third-order valence-electron chi connectivity index (χ3n) is 5.37. The van der Waals surface area contributed by atoms with Gasteiger partial charge in [-0.25, -0.2) is 0 Å². The van der Waals surface area contributed by atoms with Crippen LogP contribution >= 0.6 is 0 Å². The van der Waals surface area contributed by atoms with E-state index in [1.807, 2.05) is 4.90 Å². The van der Waals surface area contributed by atoms with Crippen molar-refractivity contribution in [1.82, 2.24) is 9.80 Å². The number of anilines is 2. The summed E-state index contributed by atoms with van der Waals surface area (Å²) in [5.74, 6) is -0.345. The number of carbonyl (C=O) groups excluding carboxylic acids is 3. The zero-order valence-electron chi connectivity index (χ0n) is 17.3. The minimum absolute atomic E-state index is 0.0495. The molecule has 4 rings (SSSR count). The fraction of sp³-hybridized carbons (Fsp3) is 0.364. The van der Waals surface area contributed by atoms with Crippen LogP contribution in [0.2, 0.25) is 0 Å². The van der Waals surface area contributed by atoms with Crippen molar-refractivity contribution in [3.05, 3.63) is 48.7 Å². The summed E-state index contributed by atoms with van der Waals surface area (Å²) in [7, 11) is 0. The van der Waals surface area contributed by atoms with Crippen molar-refractivity contribution in [1.29, 1.82) is 0 Å². The predicted molar refractivity (Wildman–Crippen MR) is 117 cm³/mol. The second-order valence-electron chi connectivity index (χ2n) is 7.82. The number of nitrogens with zero attached hydrogens (tertiary/aromatic N) is 3. The number of nitrogens with one attached hydrogen (secondary N) is 2. The van der Waals surface area contributed by atoms with Crippen LogP contribution in [0, 0.1) is 0 Å². The van der Waals surface area contributed by atoms with Crippen LogP contribution in [0.3, 0.4) is 0 Å². The van der Waals surface area contributed by atoms with E-state index in [4.69, 9.17) is 4.74 Å². The van der Waals surface area contributed by atoms with Crippen molar-refractivity contribution in [2.75, 3.05) is 43.5 Å². The van der Waals surface area contributed by atoms with Gasteiger partial charge in [0.25, 0.3) is 5.91 Å². The molecule has 3 amide bonds. The van der Waals surface area contributed by atoms with Gasteiger partial charge in [0.1, 0.15) is 11.4 Å². The Labute approximate surface area is 180 Å². The topological polar surface area (TPSA) is 103 Å². The molecule has 1 saturated heterocycles. The lowest BCUT2D eigenvalue weighted by Gasteiger charge is -2.34. The number of hydrogen-bond acceptors (Lipinski definition) is 6. The van der Waals surface area contributed by atoms with E-state index in [1.54, 1.807) is 55.6 Å². The molecule has 0 bridgehead atoms. The number of benzene rings is 1. The lowest BCUT2D eigenvalue weighted by Crippen LogP contribution is -2.50. The molecule has 9 heteroatoms. The molecule has 0 aliphatic carbocycles. The molecule has 3 aliphatic heterocycles. The predicted octanol–water partition coefficient (Wildman–Crippen LogP) is 1.37. The molecule has 3 heterocycles. The van der Waals surface area contributed by atoms with Gasteiger partial charge in [-0.05, 0) is 31.2 Å². The van der Waals surface area contributed by atoms with Crippen molar-refractivity contribution < 1.29 is 19.1 Å². The molecule has 1 aromatic carbocycles. The number of allylic oxidation sites excluding steroid dienone is 2. The average Bonchev–Trinajstić information content (AvgIpc) is 2.75. The quantitative estimate of drug-likeness (QED) is 0.745. The van der Waals surface area contributed by atoms with Crippen LogP contribution < -0.4 is 10.6 Å². The Balaban J connectivity index is 1.46. The first kappa shape index (κ1) is 21.0. The lowest BCUT2D eigenvalue weighted by molar-refractivity contribution is -0.132. The highest BCUT2D eigenvalue weighted by Crippen LogP contribution is 2.28. The van der Waals surface area contributed by atoms with E-state index in [0.29, 0.717) is 43.5 Å². The second-order valence-corrected chi connectivity index (χ2v) is 7.82. The molecule has 31 heavy (non-hydrogen) atoms. The average molecular weight is 423 g/mol. The number of fused-ring (bicyclic) bond motifs is 1. The Morgan fingerprint density at radius 1 is 1.13 bits per heavy atom. The maximum Gasteiger partial charge on any atom is 0.252 e. The molecule has 1 fully saturated rings. The number of amidine groups is 1. The van der Waals surface area contributed by atoms with Crippen LogP contribution in [0.5, 0.6) is 0 Å². The van der Waals surface area contributed by atoms with Gasteiger partial charge in [-0.1, -0.05) is 18.2 Å². The van der Waals surface area contributed by atoms with Gasteiger partial charge in [0.15, 0.2) is 0 Å². The van der Waals surface area contributed by atoms with Crippen LogP contribution in [0.15, 0.2) is 53.7 Å². The summed E-state index contributed by atoms with van der Waals surface area (Å²) in [5, 5.41) is 5.70. The van der Waals surface area contributed by atoms with E-state index < -0.39 is 11.4 Å². The zero-order chi connectivity index (χ0) is 21.8. The highest BCUT2D eigenvalue weighted by atomic mass is 16.5. The fourth-order valence-corrected chi connectivity index (χ4v) is 3.65. The maximum absolute atomic E-state index is 13.1. The van der Waals surface area contributed by atoms with Gasteiger partial charge >= 0.3 is 0 Å². The summed E-state index contributed by atoms with van der Waals surface area (Å²) in [4.78, 5) is 46.1. The van der Waals surface area contributed by atoms with E-state index in [0.717, 1.165) is 0 Å². The molecule has 0 aromatic heterocycles. The molecule has 0 radical (unpaired) electrons. The minimum Gasteiger partial charge on any atom is -0.379 e. The van der Waals surface area contributed by atoms with Crippen molar-refractivity contribution in [2.24, 2.45) is 4.99 Å².